The first-order chi connectivity index (χ1) is 16.5. The molecule has 168 valence electrons. The van der Waals surface area contributed by atoms with Gasteiger partial charge in [0.15, 0.2) is 5.78 Å². The zero-order valence-electron chi connectivity index (χ0n) is 17.8. The number of rotatable bonds is 3. The van der Waals surface area contributed by atoms with Crippen molar-refractivity contribution in [1.29, 1.82) is 0 Å². The highest BCUT2D eigenvalue weighted by Crippen LogP contribution is 2.53. The number of ketones is 1. The van der Waals surface area contributed by atoms with Crippen molar-refractivity contribution in [2.75, 3.05) is 4.90 Å². The van der Waals surface area contributed by atoms with Crippen molar-refractivity contribution in [2.24, 2.45) is 11.8 Å². The van der Waals surface area contributed by atoms with Gasteiger partial charge in [0.2, 0.25) is 11.8 Å². The molecule has 0 spiro atoms. The van der Waals surface area contributed by atoms with E-state index in [1.54, 1.807) is 30.5 Å². The fraction of sp³-hybridized carbons (Fsp3) is 0.148. The second-order valence-corrected chi connectivity index (χ2v) is 9.13. The summed E-state index contributed by atoms with van der Waals surface area (Å²) in [6.45, 7) is 0. The van der Waals surface area contributed by atoms with Gasteiger partial charge in [-0.25, -0.2) is 9.29 Å². The van der Waals surface area contributed by atoms with Gasteiger partial charge in [-0.15, -0.1) is 0 Å². The Labute approximate surface area is 200 Å². The second kappa shape index (κ2) is 7.64. The molecule has 3 aliphatic rings. The number of nitrogens with zero attached hydrogens (tertiary/aromatic N) is 2. The van der Waals surface area contributed by atoms with E-state index in [2.05, 4.69) is 0 Å². The molecule has 3 heterocycles. The highest BCUT2D eigenvalue weighted by atomic mass is 35.5. The van der Waals surface area contributed by atoms with Crippen LogP contribution in [0.2, 0.25) is 5.02 Å². The van der Waals surface area contributed by atoms with Crippen LogP contribution in [0.25, 0.3) is 6.08 Å². The van der Waals surface area contributed by atoms with Crippen molar-refractivity contribution in [2.45, 2.75) is 12.1 Å². The average Bonchev–Trinajstić information content (AvgIpc) is 3.31. The normalized spacial score (nSPS) is 24.8. The molecule has 5 nitrogen and oxygen atoms in total. The number of benzene rings is 3. The quantitative estimate of drug-likeness (QED) is 0.403. The first-order valence-corrected chi connectivity index (χ1v) is 11.3. The molecule has 34 heavy (non-hydrogen) atoms. The molecule has 0 saturated carbocycles. The SMILES string of the molecule is O=C(c1ccc(Cl)cc1)[C@@H]1[C@@H]2C(=O)N(c3cccc(F)c3)C(=O)[C@@H]2[C@@H]2c3ccccc3C=CN12. The minimum absolute atomic E-state index is 0.174. The van der Waals surface area contributed by atoms with Crippen LogP contribution in [-0.4, -0.2) is 28.5 Å². The minimum atomic E-state index is -0.903. The summed E-state index contributed by atoms with van der Waals surface area (Å²) < 4.78 is 14.0. The first kappa shape index (κ1) is 20.8. The predicted octanol–water partition coefficient (Wildman–Crippen LogP) is 4.88. The number of anilines is 1. The van der Waals surface area contributed by atoms with Gasteiger partial charge in [-0.05, 0) is 59.7 Å². The number of amides is 2. The molecule has 0 N–H and O–H groups in total. The molecule has 0 aromatic heterocycles. The van der Waals surface area contributed by atoms with Crippen LogP contribution in [0.4, 0.5) is 10.1 Å². The van der Waals surface area contributed by atoms with E-state index in [-0.39, 0.29) is 11.5 Å². The Morgan fingerprint density at radius 2 is 1.62 bits per heavy atom. The van der Waals surface area contributed by atoms with Gasteiger partial charge in [-0.2, -0.15) is 0 Å². The molecule has 0 bridgehead atoms. The summed E-state index contributed by atoms with van der Waals surface area (Å²) in [5.41, 5.74) is 2.40. The lowest BCUT2D eigenvalue weighted by molar-refractivity contribution is -0.123. The molecule has 3 aliphatic heterocycles. The third-order valence-corrected chi connectivity index (χ3v) is 7.18. The van der Waals surface area contributed by atoms with Gasteiger partial charge in [0.05, 0.1) is 23.6 Å². The standard InChI is InChI=1S/C27H18ClFN2O3/c28-17-10-8-16(9-11-17)25(32)24-22-21(23-20-7-2-1-4-15(20)12-13-30(23)24)26(33)31(27(22)34)19-6-3-5-18(29)14-19/h1-14,21-24H/t21-,22+,23-,24-/m0/s1. The summed E-state index contributed by atoms with van der Waals surface area (Å²) >= 11 is 6.01. The van der Waals surface area contributed by atoms with Gasteiger partial charge < -0.3 is 4.90 Å². The number of fused-ring (bicyclic) bond motifs is 5. The molecule has 2 saturated heterocycles. The molecule has 0 unspecified atom stereocenters. The number of hydrogen-bond acceptors (Lipinski definition) is 4. The third-order valence-electron chi connectivity index (χ3n) is 6.93. The maximum atomic E-state index is 14.0. The molecule has 6 rings (SSSR count). The molecular weight excluding hydrogens is 455 g/mol. The lowest BCUT2D eigenvalue weighted by Crippen LogP contribution is -2.44. The topological polar surface area (TPSA) is 57.7 Å². The molecule has 2 fully saturated rings. The molecule has 7 heteroatoms. The fourth-order valence-electron chi connectivity index (χ4n) is 5.51. The maximum Gasteiger partial charge on any atom is 0.240 e. The van der Waals surface area contributed by atoms with E-state index in [0.717, 1.165) is 16.0 Å². The van der Waals surface area contributed by atoms with Crippen molar-refractivity contribution in [3.8, 4) is 0 Å². The van der Waals surface area contributed by atoms with E-state index in [1.807, 2.05) is 35.2 Å². The van der Waals surface area contributed by atoms with E-state index in [0.29, 0.717) is 10.6 Å². The number of carbonyl (C=O) groups excluding carboxylic acids is 3. The minimum Gasteiger partial charge on any atom is -0.358 e. The van der Waals surface area contributed by atoms with Crippen molar-refractivity contribution in [3.63, 3.8) is 0 Å². The predicted molar refractivity (Wildman–Crippen MR) is 125 cm³/mol. The lowest BCUT2D eigenvalue weighted by Gasteiger charge is -2.35. The van der Waals surface area contributed by atoms with Crippen LogP contribution >= 0.6 is 11.6 Å². The largest absolute Gasteiger partial charge is 0.358 e. The second-order valence-electron chi connectivity index (χ2n) is 8.70. The zero-order valence-corrected chi connectivity index (χ0v) is 18.5. The molecule has 3 aromatic rings. The molecular formula is C27H18ClFN2O3. The van der Waals surface area contributed by atoms with Gasteiger partial charge in [-0.1, -0.05) is 41.9 Å². The van der Waals surface area contributed by atoms with Crippen LogP contribution in [0, 0.1) is 17.7 Å². The van der Waals surface area contributed by atoms with Gasteiger partial charge in [0, 0.05) is 16.8 Å². The Morgan fingerprint density at radius 1 is 0.882 bits per heavy atom. The van der Waals surface area contributed by atoms with Crippen LogP contribution in [0.1, 0.15) is 27.5 Å². The van der Waals surface area contributed by atoms with Crippen molar-refractivity contribution >= 4 is 41.0 Å². The number of Topliss-reactive ketones (excluding diaryl/α,β-unsaturated/α-hetero) is 1. The Hall–Kier alpha value is -3.77. The zero-order chi connectivity index (χ0) is 23.6. The number of hydrogen-bond donors (Lipinski definition) is 0. The van der Waals surface area contributed by atoms with Crippen molar-refractivity contribution < 1.29 is 18.8 Å². The van der Waals surface area contributed by atoms with Gasteiger partial charge in [0.25, 0.3) is 0 Å². The lowest BCUT2D eigenvalue weighted by atomic mass is 9.83. The molecule has 4 atom stereocenters. The summed E-state index contributed by atoms with van der Waals surface area (Å²) in [6, 6.07) is 18.2. The monoisotopic (exact) mass is 472 g/mol. The number of carbonyl (C=O) groups is 3. The summed E-state index contributed by atoms with van der Waals surface area (Å²) in [6.07, 6.45) is 3.70. The molecule has 0 aliphatic carbocycles. The Kier molecular flexibility index (Phi) is 4.67. The average molecular weight is 473 g/mol. The molecule has 0 radical (unpaired) electrons. The summed E-state index contributed by atoms with van der Waals surface area (Å²) in [7, 11) is 0. The van der Waals surface area contributed by atoms with E-state index >= 15 is 0 Å². The third kappa shape index (κ3) is 2.95. The van der Waals surface area contributed by atoms with Gasteiger partial charge in [0.1, 0.15) is 11.9 Å². The Bertz CT molecular complexity index is 1390. The van der Waals surface area contributed by atoms with Crippen molar-refractivity contribution in [3.05, 3.63) is 107 Å². The van der Waals surface area contributed by atoms with Crippen LogP contribution in [0.15, 0.2) is 79.0 Å². The van der Waals surface area contributed by atoms with Crippen molar-refractivity contribution in [1.82, 2.24) is 4.90 Å². The maximum absolute atomic E-state index is 14.0. The van der Waals surface area contributed by atoms with E-state index in [9.17, 15) is 18.8 Å². The van der Waals surface area contributed by atoms with Crippen LogP contribution in [0.3, 0.4) is 0 Å². The van der Waals surface area contributed by atoms with Crippen LogP contribution in [0.5, 0.6) is 0 Å². The Morgan fingerprint density at radius 3 is 2.38 bits per heavy atom. The first-order valence-electron chi connectivity index (χ1n) is 10.9. The summed E-state index contributed by atoms with van der Waals surface area (Å²) in [5.74, 6) is -3.40. The smallest absolute Gasteiger partial charge is 0.240 e. The van der Waals surface area contributed by atoms with Crippen LogP contribution < -0.4 is 4.90 Å². The summed E-state index contributed by atoms with van der Waals surface area (Å²) in [5, 5.41) is 0.495. The number of imide groups is 1. The van der Waals surface area contributed by atoms with Gasteiger partial charge in [-0.3, -0.25) is 14.4 Å². The van der Waals surface area contributed by atoms with Crippen LogP contribution in [-0.2, 0) is 9.59 Å². The molecule has 2 amide bonds. The van der Waals surface area contributed by atoms with E-state index in [4.69, 9.17) is 11.6 Å². The number of halogens is 2. The van der Waals surface area contributed by atoms with E-state index < -0.39 is 41.6 Å². The highest BCUT2D eigenvalue weighted by Gasteiger charge is 2.64. The fourth-order valence-corrected chi connectivity index (χ4v) is 5.64. The van der Waals surface area contributed by atoms with Gasteiger partial charge >= 0.3 is 0 Å². The summed E-state index contributed by atoms with van der Waals surface area (Å²) in [4.78, 5) is 44.1. The van der Waals surface area contributed by atoms with E-state index in [1.165, 1.54) is 24.3 Å². The molecule has 3 aromatic carbocycles. The highest BCUT2D eigenvalue weighted by molar-refractivity contribution is 6.30. The Balaban J connectivity index is 1.50.